The molecule has 152 valence electrons. The third kappa shape index (κ3) is 4.79. The van der Waals surface area contributed by atoms with Gasteiger partial charge >= 0.3 is 0 Å². The van der Waals surface area contributed by atoms with E-state index in [1.807, 2.05) is 0 Å². The summed E-state index contributed by atoms with van der Waals surface area (Å²) in [7, 11) is -3.13. The highest BCUT2D eigenvalue weighted by atomic mass is 32.2. The van der Waals surface area contributed by atoms with Crippen LogP contribution in [0.1, 0.15) is 31.2 Å². The molecule has 0 amide bonds. The lowest BCUT2D eigenvalue weighted by Gasteiger charge is -2.31. The first-order chi connectivity index (χ1) is 13.5. The largest absolute Gasteiger partial charge is 0.378 e. The average molecular weight is 405 g/mol. The number of morpholine rings is 1. The Balaban J connectivity index is 1.51. The summed E-state index contributed by atoms with van der Waals surface area (Å²) in [5, 5.41) is 0. The second kappa shape index (κ2) is 8.31. The van der Waals surface area contributed by atoms with Crippen molar-refractivity contribution in [2.45, 2.75) is 38.1 Å². The molecule has 0 unspecified atom stereocenters. The van der Waals surface area contributed by atoms with Crippen LogP contribution in [-0.4, -0.2) is 57.0 Å². The molecule has 0 radical (unpaired) electrons. The molecule has 1 saturated carbocycles. The number of aromatic nitrogens is 2. The Kier molecular flexibility index (Phi) is 5.80. The van der Waals surface area contributed by atoms with E-state index in [0.717, 1.165) is 69.4 Å². The maximum atomic E-state index is 11.5. The Morgan fingerprint density at radius 1 is 1.11 bits per heavy atom. The maximum absolute atomic E-state index is 11.5. The summed E-state index contributed by atoms with van der Waals surface area (Å²) in [5.74, 6) is 0.544. The van der Waals surface area contributed by atoms with E-state index >= 15 is 0 Å². The number of hydrogen-bond donors (Lipinski definition) is 1. The van der Waals surface area contributed by atoms with Crippen LogP contribution in [0.5, 0.6) is 0 Å². The Morgan fingerprint density at radius 3 is 2.54 bits per heavy atom. The van der Waals surface area contributed by atoms with Crippen LogP contribution in [0.3, 0.4) is 0 Å². The normalized spacial score (nSPS) is 23.8. The van der Waals surface area contributed by atoms with E-state index in [1.54, 1.807) is 12.4 Å². The molecule has 1 aliphatic carbocycles. The average Bonchev–Trinajstić information content (AvgIpc) is 2.69. The highest BCUT2D eigenvalue weighted by molar-refractivity contribution is 7.88. The summed E-state index contributed by atoms with van der Waals surface area (Å²) in [6, 6.07) is 4.47. The number of benzene rings is 1. The predicted octanol–water partition coefficient (Wildman–Crippen LogP) is 2.12. The second-order valence-electron chi connectivity index (χ2n) is 7.94. The van der Waals surface area contributed by atoms with Gasteiger partial charge in [0.05, 0.1) is 30.5 Å². The molecule has 1 N–H and O–H groups in total. The molecule has 28 heavy (non-hydrogen) atoms. The zero-order valence-corrected chi connectivity index (χ0v) is 17.1. The lowest BCUT2D eigenvalue weighted by molar-refractivity contribution is 0.122. The van der Waals surface area contributed by atoms with Crippen molar-refractivity contribution in [3.05, 3.63) is 30.1 Å². The van der Waals surface area contributed by atoms with Crippen LogP contribution in [0, 0.1) is 5.92 Å². The van der Waals surface area contributed by atoms with Gasteiger partial charge in [-0.15, -0.1) is 0 Å². The van der Waals surface area contributed by atoms with Gasteiger partial charge in [0.15, 0.2) is 0 Å². The van der Waals surface area contributed by atoms with E-state index in [-0.39, 0.29) is 6.04 Å². The molecular formula is C20H28N4O3S. The van der Waals surface area contributed by atoms with Crippen molar-refractivity contribution < 1.29 is 13.2 Å². The molecule has 7 nitrogen and oxygen atoms in total. The van der Waals surface area contributed by atoms with Gasteiger partial charge in [-0.25, -0.2) is 13.1 Å². The number of ether oxygens (including phenoxy) is 1. The molecule has 2 fully saturated rings. The highest BCUT2D eigenvalue weighted by Crippen LogP contribution is 2.32. The molecule has 0 atom stereocenters. The molecule has 1 aliphatic heterocycles. The topological polar surface area (TPSA) is 84.4 Å². The van der Waals surface area contributed by atoms with Gasteiger partial charge in [0.1, 0.15) is 0 Å². The van der Waals surface area contributed by atoms with Gasteiger partial charge in [-0.05, 0) is 55.7 Å². The number of nitrogens with zero attached hydrogens (tertiary/aromatic N) is 3. The smallest absolute Gasteiger partial charge is 0.208 e. The van der Waals surface area contributed by atoms with Crippen LogP contribution < -0.4 is 9.62 Å². The van der Waals surface area contributed by atoms with E-state index in [1.165, 1.54) is 17.5 Å². The van der Waals surface area contributed by atoms with Gasteiger partial charge in [0.25, 0.3) is 0 Å². The van der Waals surface area contributed by atoms with Crippen molar-refractivity contribution in [3.8, 4) is 0 Å². The van der Waals surface area contributed by atoms with Crippen molar-refractivity contribution in [2.75, 3.05) is 37.5 Å². The van der Waals surface area contributed by atoms with Gasteiger partial charge in [-0.2, -0.15) is 0 Å². The number of anilines is 1. The molecule has 0 spiro atoms. The zero-order valence-electron chi connectivity index (χ0n) is 16.3. The second-order valence-corrected chi connectivity index (χ2v) is 9.72. The van der Waals surface area contributed by atoms with Gasteiger partial charge < -0.3 is 9.64 Å². The minimum Gasteiger partial charge on any atom is -0.378 e. The molecule has 2 aromatic rings. The Labute approximate surface area is 166 Å². The Hall–Kier alpha value is -1.77. The summed E-state index contributed by atoms with van der Waals surface area (Å²) >= 11 is 0. The van der Waals surface area contributed by atoms with Gasteiger partial charge in [0, 0.05) is 37.2 Å². The monoisotopic (exact) mass is 404 g/mol. The van der Waals surface area contributed by atoms with Gasteiger partial charge in [0.2, 0.25) is 10.0 Å². The molecule has 1 aromatic carbocycles. The van der Waals surface area contributed by atoms with E-state index < -0.39 is 10.0 Å². The molecule has 1 aromatic heterocycles. The highest BCUT2D eigenvalue weighted by Gasteiger charge is 2.24. The Bertz CT molecular complexity index is 920. The summed E-state index contributed by atoms with van der Waals surface area (Å²) < 4.78 is 31.2. The van der Waals surface area contributed by atoms with Gasteiger partial charge in [-0.1, -0.05) is 0 Å². The van der Waals surface area contributed by atoms with E-state index in [4.69, 9.17) is 4.74 Å². The van der Waals surface area contributed by atoms with Crippen LogP contribution in [-0.2, 0) is 21.2 Å². The lowest BCUT2D eigenvalue weighted by atomic mass is 9.82. The first-order valence-corrected chi connectivity index (χ1v) is 11.9. The predicted molar refractivity (Wildman–Crippen MR) is 110 cm³/mol. The Morgan fingerprint density at radius 2 is 1.82 bits per heavy atom. The first-order valence-electron chi connectivity index (χ1n) is 10.0. The first kappa shape index (κ1) is 19.5. The maximum Gasteiger partial charge on any atom is 0.208 e. The van der Waals surface area contributed by atoms with E-state index in [0.29, 0.717) is 5.92 Å². The summed E-state index contributed by atoms with van der Waals surface area (Å²) in [6.45, 7) is 3.30. The number of nitrogens with one attached hydrogen (secondary N) is 1. The van der Waals surface area contributed by atoms with E-state index in [2.05, 4.69) is 31.7 Å². The number of fused-ring (bicyclic) bond motifs is 1. The van der Waals surface area contributed by atoms with Crippen LogP contribution in [0.2, 0.25) is 0 Å². The third-order valence-corrected chi connectivity index (χ3v) is 6.51. The molecular weight excluding hydrogens is 376 g/mol. The number of rotatable bonds is 5. The lowest BCUT2D eigenvalue weighted by Crippen LogP contribution is -2.37. The molecule has 2 heterocycles. The fourth-order valence-corrected chi connectivity index (χ4v) is 5.23. The standard InChI is InChI=1S/C20H28N4O3S/c1-28(25,26)23-17-4-2-15(3-5-17)12-16-13-18(24-8-10-27-11-9-24)14-19-20(16)22-7-6-21-19/h6-7,13-15,17,23H,2-5,8-12H2,1H3. The fourth-order valence-electron chi connectivity index (χ4n) is 4.39. The van der Waals surface area contributed by atoms with Crippen LogP contribution in [0.25, 0.3) is 11.0 Å². The van der Waals surface area contributed by atoms with Crippen LogP contribution in [0.4, 0.5) is 5.69 Å². The van der Waals surface area contributed by atoms with Gasteiger partial charge in [-0.3, -0.25) is 9.97 Å². The van der Waals surface area contributed by atoms with Crippen molar-refractivity contribution in [3.63, 3.8) is 0 Å². The molecule has 4 rings (SSSR count). The molecule has 0 bridgehead atoms. The SMILES string of the molecule is CS(=O)(=O)NC1CCC(Cc2cc(N3CCOCC3)cc3nccnc23)CC1. The minimum atomic E-state index is -3.13. The summed E-state index contributed by atoms with van der Waals surface area (Å²) in [5.41, 5.74) is 4.36. The van der Waals surface area contributed by atoms with Crippen molar-refractivity contribution in [2.24, 2.45) is 5.92 Å². The minimum absolute atomic E-state index is 0.0717. The van der Waals surface area contributed by atoms with Crippen molar-refractivity contribution >= 4 is 26.7 Å². The fraction of sp³-hybridized carbons (Fsp3) is 0.600. The van der Waals surface area contributed by atoms with Crippen LogP contribution in [0.15, 0.2) is 24.5 Å². The zero-order chi connectivity index (χ0) is 19.6. The third-order valence-electron chi connectivity index (χ3n) is 5.75. The summed E-state index contributed by atoms with van der Waals surface area (Å²) in [6.07, 6.45) is 9.53. The number of hydrogen-bond acceptors (Lipinski definition) is 6. The van der Waals surface area contributed by atoms with E-state index in [9.17, 15) is 8.42 Å². The molecule has 8 heteroatoms. The molecule has 2 aliphatic rings. The summed E-state index contributed by atoms with van der Waals surface area (Å²) in [4.78, 5) is 11.5. The van der Waals surface area contributed by atoms with Crippen molar-refractivity contribution in [1.82, 2.24) is 14.7 Å². The molecule has 1 saturated heterocycles. The van der Waals surface area contributed by atoms with Crippen molar-refractivity contribution in [1.29, 1.82) is 0 Å². The number of sulfonamides is 1. The van der Waals surface area contributed by atoms with Crippen LogP contribution >= 0.6 is 0 Å². The quantitative estimate of drug-likeness (QED) is 0.822.